The van der Waals surface area contributed by atoms with Crippen molar-refractivity contribution in [1.82, 2.24) is 4.98 Å². The van der Waals surface area contributed by atoms with Crippen LogP contribution in [-0.2, 0) is 22.4 Å². The van der Waals surface area contributed by atoms with Gasteiger partial charge in [-0.15, -0.1) is 0 Å². The van der Waals surface area contributed by atoms with E-state index in [-0.39, 0.29) is 5.56 Å². The Morgan fingerprint density at radius 2 is 1.61 bits per heavy atom. The van der Waals surface area contributed by atoms with Gasteiger partial charge in [-0.05, 0) is 95.0 Å². The van der Waals surface area contributed by atoms with Crippen molar-refractivity contribution >= 4 is 16.9 Å². The van der Waals surface area contributed by atoms with E-state index in [9.17, 15) is 14.7 Å². The van der Waals surface area contributed by atoms with Crippen molar-refractivity contribution in [2.24, 2.45) is 0 Å². The minimum absolute atomic E-state index is 0.0580. The van der Waals surface area contributed by atoms with E-state index in [1.165, 1.54) is 0 Å². The third kappa shape index (κ3) is 4.22. The lowest BCUT2D eigenvalue weighted by molar-refractivity contribution is -0.160. The topological polar surface area (TPSA) is 79.4 Å². The van der Waals surface area contributed by atoms with E-state index < -0.39 is 17.7 Å². The van der Waals surface area contributed by atoms with Crippen LogP contribution in [0, 0.1) is 20.8 Å². The van der Waals surface area contributed by atoms with E-state index in [1.807, 2.05) is 65.8 Å². The van der Waals surface area contributed by atoms with Crippen molar-refractivity contribution in [3.8, 4) is 11.1 Å². The largest absolute Gasteiger partial charge is 0.479 e. The van der Waals surface area contributed by atoms with Crippen LogP contribution in [0.5, 0.6) is 0 Å². The molecule has 33 heavy (non-hydrogen) atoms. The zero-order valence-electron chi connectivity index (χ0n) is 20.4. The Labute approximate surface area is 194 Å². The molecule has 1 aliphatic carbocycles. The molecule has 2 N–H and O–H groups in total. The Kier molecular flexibility index (Phi) is 5.95. The zero-order valence-corrected chi connectivity index (χ0v) is 20.4. The van der Waals surface area contributed by atoms with Gasteiger partial charge in [-0.2, -0.15) is 0 Å². The molecule has 0 radical (unpaired) electrons. The predicted octanol–water partition coefficient (Wildman–Crippen LogP) is 5.94. The minimum atomic E-state index is -1.16. The van der Waals surface area contributed by atoms with Crippen molar-refractivity contribution in [1.29, 1.82) is 0 Å². The number of aromatic amines is 1. The number of hydrogen-bond acceptors (Lipinski definition) is 3. The van der Waals surface area contributed by atoms with Gasteiger partial charge < -0.3 is 14.8 Å². The van der Waals surface area contributed by atoms with Gasteiger partial charge in [0.05, 0.1) is 11.1 Å². The first-order valence-electron chi connectivity index (χ1n) is 11.7. The van der Waals surface area contributed by atoms with Gasteiger partial charge in [0.1, 0.15) is 0 Å². The predicted molar refractivity (Wildman–Crippen MR) is 132 cm³/mol. The molecule has 0 aliphatic heterocycles. The highest BCUT2D eigenvalue weighted by atomic mass is 16.5. The number of aliphatic carboxylic acids is 1. The number of carboxylic acid groups (broad SMARTS) is 1. The van der Waals surface area contributed by atoms with Crippen molar-refractivity contribution in [3.63, 3.8) is 0 Å². The molecule has 0 spiro atoms. The normalized spacial score (nSPS) is 14.8. The average Bonchev–Trinajstić information content (AvgIpc) is 2.74. The highest BCUT2D eigenvalue weighted by Gasteiger charge is 2.33. The number of hydrogen-bond donors (Lipinski definition) is 2. The fraction of sp³-hybridized carbons (Fsp3) is 0.429. The molecular formula is C28H33NO4. The molecule has 1 atom stereocenters. The summed E-state index contributed by atoms with van der Waals surface area (Å²) in [6, 6.07) is 8.17. The maximum atomic E-state index is 13.0. The van der Waals surface area contributed by atoms with Gasteiger partial charge in [-0.25, -0.2) is 4.79 Å². The first-order chi connectivity index (χ1) is 15.5. The number of benzene rings is 2. The van der Waals surface area contributed by atoms with E-state index in [1.54, 1.807) is 0 Å². The highest BCUT2D eigenvalue weighted by Crippen LogP contribution is 2.43. The Morgan fingerprint density at radius 3 is 2.18 bits per heavy atom. The van der Waals surface area contributed by atoms with Crippen LogP contribution in [0.25, 0.3) is 22.0 Å². The van der Waals surface area contributed by atoms with Gasteiger partial charge in [0.15, 0.2) is 6.10 Å². The molecule has 1 aliphatic rings. The van der Waals surface area contributed by atoms with Gasteiger partial charge in [0, 0.05) is 16.5 Å². The number of carboxylic acids is 1. The number of aryl methyl sites for hydroxylation is 4. The fourth-order valence-electron chi connectivity index (χ4n) is 5.18. The second-order valence-electron chi connectivity index (χ2n) is 10.2. The van der Waals surface area contributed by atoms with Crippen LogP contribution in [-0.4, -0.2) is 21.7 Å². The van der Waals surface area contributed by atoms with Gasteiger partial charge in [-0.3, -0.25) is 4.79 Å². The van der Waals surface area contributed by atoms with Crippen LogP contribution in [0.3, 0.4) is 0 Å². The first-order valence-corrected chi connectivity index (χ1v) is 11.7. The van der Waals surface area contributed by atoms with E-state index in [4.69, 9.17) is 4.74 Å². The summed E-state index contributed by atoms with van der Waals surface area (Å²) in [5.41, 5.74) is 7.34. The molecule has 1 heterocycles. The fourth-order valence-corrected chi connectivity index (χ4v) is 5.18. The molecule has 4 rings (SSSR count). The maximum Gasteiger partial charge on any atom is 0.337 e. The Bertz CT molecular complexity index is 1290. The highest BCUT2D eigenvalue weighted by molar-refractivity contribution is 5.98. The number of pyridine rings is 1. The SMILES string of the molecule is Cc1ccc(-c2c([C@H](OC(C)(C)C)C(=O)O)c(C)c3[nH]c(=O)c4c(c3c2C)CCCC4)cc1. The number of nitrogens with one attached hydrogen (secondary N) is 1. The lowest BCUT2D eigenvalue weighted by atomic mass is 9.81. The van der Waals surface area contributed by atoms with Gasteiger partial charge >= 0.3 is 5.97 Å². The maximum absolute atomic E-state index is 13.0. The molecule has 0 saturated heterocycles. The molecule has 2 aromatic carbocycles. The zero-order chi connectivity index (χ0) is 24.1. The van der Waals surface area contributed by atoms with Crippen LogP contribution >= 0.6 is 0 Å². The quantitative estimate of drug-likeness (QED) is 0.519. The summed E-state index contributed by atoms with van der Waals surface area (Å²) in [7, 11) is 0. The van der Waals surface area contributed by atoms with E-state index in [0.717, 1.165) is 75.5 Å². The summed E-state index contributed by atoms with van der Waals surface area (Å²) in [6.45, 7) is 11.6. The van der Waals surface area contributed by atoms with Crippen molar-refractivity contribution in [2.45, 2.75) is 78.9 Å². The monoisotopic (exact) mass is 447 g/mol. The summed E-state index contributed by atoms with van der Waals surface area (Å²) >= 11 is 0. The number of ether oxygens (including phenoxy) is 1. The smallest absolute Gasteiger partial charge is 0.337 e. The van der Waals surface area contributed by atoms with Crippen molar-refractivity contribution in [2.75, 3.05) is 0 Å². The lowest BCUT2D eigenvalue weighted by Crippen LogP contribution is -2.29. The molecule has 0 amide bonds. The van der Waals surface area contributed by atoms with Crippen LogP contribution in [0.15, 0.2) is 29.1 Å². The molecule has 0 fully saturated rings. The van der Waals surface area contributed by atoms with E-state index >= 15 is 0 Å². The number of rotatable bonds is 4. The number of fused-ring (bicyclic) bond motifs is 3. The number of H-pyrrole nitrogens is 1. The third-order valence-electron chi connectivity index (χ3n) is 6.63. The number of aromatic nitrogens is 1. The van der Waals surface area contributed by atoms with E-state index in [2.05, 4.69) is 4.98 Å². The van der Waals surface area contributed by atoms with Crippen LogP contribution in [0.2, 0.25) is 0 Å². The van der Waals surface area contributed by atoms with Crippen LogP contribution < -0.4 is 5.56 Å². The summed E-state index contributed by atoms with van der Waals surface area (Å²) in [6.07, 6.45) is 2.55. The Hall–Kier alpha value is -2.92. The Balaban J connectivity index is 2.17. The van der Waals surface area contributed by atoms with E-state index in [0.29, 0.717) is 5.56 Å². The molecule has 174 valence electrons. The summed E-state index contributed by atoms with van der Waals surface area (Å²) in [5, 5.41) is 11.3. The molecular weight excluding hydrogens is 414 g/mol. The summed E-state index contributed by atoms with van der Waals surface area (Å²) in [4.78, 5) is 28.6. The van der Waals surface area contributed by atoms with Crippen molar-refractivity contribution < 1.29 is 14.6 Å². The van der Waals surface area contributed by atoms with Crippen LogP contribution in [0.4, 0.5) is 0 Å². The van der Waals surface area contributed by atoms with Gasteiger partial charge in [0.25, 0.3) is 5.56 Å². The van der Waals surface area contributed by atoms with Gasteiger partial charge in [-0.1, -0.05) is 29.8 Å². The van der Waals surface area contributed by atoms with Crippen LogP contribution in [0.1, 0.15) is 73.1 Å². The summed E-state index contributed by atoms with van der Waals surface area (Å²) in [5.74, 6) is -1.04. The second kappa shape index (κ2) is 8.45. The average molecular weight is 448 g/mol. The molecule has 1 aromatic heterocycles. The Morgan fingerprint density at radius 1 is 1.00 bits per heavy atom. The standard InChI is InChI=1S/C28H33NO4/c1-15-11-13-18(14-12-15)21-16(2)22-19-9-7-8-10-20(19)26(30)29-24(22)17(3)23(21)25(27(31)32)33-28(4,5)6/h11-14,25H,7-10H2,1-6H3,(H,29,30)(H,31,32)/t25-/m0/s1. The molecule has 3 aromatic rings. The molecule has 5 heteroatoms. The first kappa shape index (κ1) is 23.2. The van der Waals surface area contributed by atoms with Crippen molar-refractivity contribution in [3.05, 3.63) is 68.0 Å². The molecule has 5 nitrogen and oxygen atoms in total. The lowest BCUT2D eigenvalue weighted by Gasteiger charge is -2.30. The molecule has 0 saturated carbocycles. The minimum Gasteiger partial charge on any atom is -0.479 e. The summed E-state index contributed by atoms with van der Waals surface area (Å²) < 4.78 is 6.11. The molecule has 0 unspecified atom stereocenters. The number of carbonyl (C=O) groups is 1. The molecule has 0 bridgehead atoms. The third-order valence-corrected chi connectivity index (χ3v) is 6.63. The van der Waals surface area contributed by atoms with Gasteiger partial charge in [0.2, 0.25) is 0 Å². The second-order valence-corrected chi connectivity index (χ2v) is 10.2.